The lowest BCUT2D eigenvalue weighted by Gasteiger charge is -2.27. The van der Waals surface area contributed by atoms with Crippen molar-refractivity contribution in [3.63, 3.8) is 0 Å². The standard InChI is InChI=1S/C15H26N2O/c18-15-7-3-1-2-6-14(15)17-11-8-13(12-17)16-9-4-5-10-16/h13-14H,1-12H2. The van der Waals surface area contributed by atoms with Crippen LogP contribution in [-0.4, -0.2) is 53.8 Å². The van der Waals surface area contributed by atoms with E-state index in [-0.39, 0.29) is 6.04 Å². The van der Waals surface area contributed by atoms with Gasteiger partial charge in [0.2, 0.25) is 0 Å². The number of carbonyl (C=O) groups excluding carboxylic acids is 1. The highest BCUT2D eigenvalue weighted by atomic mass is 16.1. The lowest BCUT2D eigenvalue weighted by Crippen LogP contribution is -2.42. The summed E-state index contributed by atoms with van der Waals surface area (Å²) in [6.45, 7) is 4.88. The van der Waals surface area contributed by atoms with Crippen LogP contribution < -0.4 is 0 Å². The van der Waals surface area contributed by atoms with Crippen LogP contribution in [0.2, 0.25) is 0 Å². The molecule has 0 aromatic heterocycles. The molecule has 3 aliphatic rings. The van der Waals surface area contributed by atoms with E-state index in [1.54, 1.807) is 0 Å². The summed E-state index contributed by atoms with van der Waals surface area (Å²) in [6, 6.07) is 1.00. The molecule has 18 heavy (non-hydrogen) atoms. The number of rotatable bonds is 2. The van der Waals surface area contributed by atoms with Crippen molar-refractivity contribution in [3.05, 3.63) is 0 Å². The highest BCUT2D eigenvalue weighted by Crippen LogP contribution is 2.26. The molecule has 2 saturated heterocycles. The third-order valence-electron chi connectivity index (χ3n) is 5.07. The zero-order chi connectivity index (χ0) is 12.4. The van der Waals surface area contributed by atoms with Gasteiger partial charge in [-0.15, -0.1) is 0 Å². The van der Waals surface area contributed by atoms with E-state index in [0.29, 0.717) is 5.78 Å². The summed E-state index contributed by atoms with van der Waals surface area (Å²) in [5.41, 5.74) is 0. The quantitative estimate of drug-likeness (QED) is 0.701. The van der Waals surface area contributed by atoms with Crippen molar-refractivity contribution in [2.75, 3.05) is 26.2 Å². The first kappa shape index (κ1) is 12.6. The highest BCUT2D eigenvalue weighted by Gasteiger charge is 2.35. The molecule has 2 aliphatic heterocycles. The van der Waals surface area contributed by atoms with Gasteiger partial charge in [-0.25, -0.2) is 0 Å². The molecule has 2 atom stereocenters. The molecular formula is C15H26N2O. The number of carbonyl (C=O) groups is 1. The second-order valence-electron chi connectivity index (χ2n) is 6.26. The van der Waals surface area contributed by atoms with E-state index in [1.165, 1.54) is 45.2 Å². The molecule has 0 radical (unpaired) electrons. The van der Waals surface area contributed by atoms with Gasteiger partial charge in [-0.05, 0) is 45.2 Å². The topological polar surface area (TPSA) is 23.6 Å². The van der Waals surface area contributed by atoms with Crippen molar-refractivity contribution in [2.45, 2.75) is 63.5 Å². The summed E-state index contributed by atoms with van der Waals surface area (Å²) in [4.78, 5) is 17.3. The maximum atomic E-state index is 12.2. The molecule has 3 nitrogen and oxygen atoms in total. The van der Waals surface area contributed by atoms with Gasteiger partial charge in [0.25, 0.3) is 0 Å². The fourth-order valence-electron chi connectivity index (χ4n) is 3.98. The molecule has 102 valence electrons. The number of ketones is 1. The Bertz CT molecular complexity index is 299. The largest absolute Gasteiger partial charge is 0.299 e. The van der Waals surface area contributed by atoms with E-state index < -0.39 is 0 Å². The molecule has 2 unspecified atom stereocenters. The molecule has 0 N–H and O–H groups in total. The molecule has 3 heteroatoms. The first-order chi connectivity index (χ1) is 8.84. The van der Waals surface area contributed by atoms with E-state index >= 15 is 0 Å². The Kier molecular flexibility index (Phi) is 4.00. The lowest BCUT2D eigenvalue weighted by atomic mass is 10.1. The zero-order valence-electron chi connectivity index (χ0n) is 11.4. The van der Waals surface area contributed by atoms with Gasteiger partial charge in [-0.3, -0.25) is 14.6 Å². The van der Waals surface area contributed by atoms with Gasteiger partial charge in [0.05, 0.1) is 6.04 Å². The van der Waals surface area contributed by atoms with E-state index in [4.69, 9.17) is 0 Å². The molecule has 0 spiro atoms. The molecule has 0 aromatic rings. The third-order valence-corrected chi connectivity index (χ3v) is 5.07. The third kappa shape index (κ3) is 2.62. The minimum atomic E-state index is 0.264. The maximum Gasteiger partial charge on any atom is 0.149 e. The Morgan fingerprint density at radius 1 is 0.833 bits per heavy atom. The Balaban J connectivity index is 1.58. The molecule has 3 rings (SSSR count). The zero-order valence-corrected chi connectivity index (χ0v) is 11.4. The summed E-state index contributed by atoms with van der Waals surface area (Å²) < 4.78 is 0. The molecule has 3 fully saturated rings. The van der Waals surface area contributed by atoms with Crippen molar-refractivity contribution in [1.29, 1.82) is 0 Å². The van der Waals surface area contributed by atoms with Crippen LogP contribution in [0.4, 0.5) is 0 Å². The SMILES string of the molecule is O=C1CCCCCC1N1CCC(N2CCCC2)C1. The average Bonchev–Trinajstić information content (AvgIpc) is 3.00. The van der Waals surface area contributed by atoms with Crippen LogP contribution in [0, 0.1) is 0 Å². The first-order valence-corrected chi connectivity index (χ1v) is 7.85. The monoisotopic (exact) mass is 250 g/mol. The number of likely N-dealkylation sites (tertiary alicyclic amines) is 2. The molecule has 1 saturated carbocycles. The van der Waals surface area contributed by atoms with E-state index in [9.17, 15) is 4.79 Å². The molecular weight excluding hydrogens is 224 g/mol. The minimum Gasteiger partial charge on any atom is -0.299 e. The van der Waals surface area contributed by atoms with Crippen molar-refractivity contribution in [3.8, 4) is 0 Å². The molecule has 0 aromatic carbocycles. The smallest absolute Gasteiger partial charge is 0.149 e. The first-order valence-electron chi connectivity index (χ1n) is 7.85. The fourth-order valence-corrected chi connectivity index (χ4v) is 3.98. The van der Waals surface area contributed by atoms with Crippen molar-refractivity contribution in [1.82, 2.24) is 9.80 Å². The maximum absolute atomic E-state index is 12.2. The highest BCUT2D eigenvalue weighted by molar-refractivity contribution is 5.84. The average molecular weight is 250 g/mol. The second kappa shape index (κ2) is 5.70. The van der Waals surface area contributed by atoms with E-state index in [1.807, 2.05) is 0 Å². The second-order valence-corrected chi connectivity index (χ2v) is 6.26. The lowest BCUT2D eigenvalue weighted by molar-refractivity contribution is -0.123. The minimum absolute atomic E-state index is 0.264. The summed E-state index contributed by atoms with van der Waals surface area (Å²) in [6.07, 6.45) is 9.61. The van der Waals surface area contributed by atoms with Crippen LogP contribution in [0.25, 0.3) is 0 Å². The van der Waals surface area contributed by atoms with Crippen molar-refractivity contribution < 1.29 is 4.79 Å². The van der Waals surface area contributed by atoms with E-state index in [0.717, 1.165) is 38.4 Å². The van der Waals surface area contributed by atoms with Gasteiger partial charge in [0.1, 0.15) is 5.78 Å². The molecule has 1 aliphatic carbocycles. The molecule has 0 bridgehead atoms. The van der Waals surface area contributed by atoms with Crippen LogP contribution in [0.3, 0.4) is 0 Å². The summed E-state index contributed by atoms with van der Waals surface area (Å²) in [5.74, 6) is 0.523. The molecule has 0 amide bonds. The number of hydrogen-bond acceptors (Lipinski definition) is 3. The van der Waals surface area contributed by atoms with Crippen LogP contribution in [0.5, 0.6) is 0 Å². The van der Waals surface area contributed by atoms with Crippen LogP contribution in [-0.2, 0) is 4.79 Å². The summed E-state index contributed by atoms with van der Waals surface area (Å²) >= 11 is 0. The normalized spacial score (nSPS) is 36.1. The van der Waals surface area contributed by atoms with Crippen molar-refractivity contribution >= 4 is 5.78 Å². The Hall–Kier alpha value is -0.410. The Morgan fingerprint density at radius 2 is 1.67 bits per heavy atom. The Labute approximate surface area is 111 Å². The van der Waals surface area contributed by atoms with Crippen LogP contribution >= 0.6 is 0 Å². The van der Waals surface area contributed by atoms with Gasteiger partial charge in [-0.1, -0.05) is 12.8 Å². The fraction of sp³-hybridized carbons (Fsp3) is 0.933. The van der Waals surface area contributed by atoms with Gasteiger partial charge in [0.15, 0.2) is 0 Å². The van der Waals surface area contributed by atoms with Gasteiger partial charge < -0.3 is 0 Å². The van der Waals surface area contributed by atoms with E-state index in [2.05, 4.69) is 9.80 Å². The van der Waals surface area contributed by atoms with Gasteiger partial charge >= 0.3 is 0 Å². The summed E-state index contributed by atoms with van der Waals surface area (Å²) in [5, 5.41) is 0. The number of nitrogens with zero attached hydrogens (tertiary/aromatic N) is 2. The van der Waals surface area contributed by atoms with Crippen molar-refractivity contribution in [2.24, 2.45) is 0 Å². The summed E-state index contributed by atoms with van der Waals surface area (Å²) in [7, 11) is 0. The van der Waals surface area contributed by atoms with Crippen LogP contribution in [0.1, 0.15) is 51.4 Å². The Morgan fingerprint density at radius 3 is 2.50 bits per heavy atom. The predicted molar refractivity (Wildman–Crippen MR) is 72.7 cm³/mol. The predicted octanol–water partition coefficient (Wildman–Crippen LogP) is 2.06. The number of hydrogen-bond donors (Lipinski definition) is 0. The van der Waals surface area contributed by atoms with Gasteiger partial charge in [0, 0.05) is 25.6 Å². The molecule has 2 heterocycles. The van der Waals surface area contributed by atoms with Crippen LogP contribution in [0.15, 0.2) is 0 Å². The number of Topliss-reactive ketones (excluding diaryl/α,β-unsaturated/α-hetero) is 1. The van der Waals surface area contributed by atoms with Gasteiger partial charge in [-0.2, -0.15) is 0 Å².